The molecule has 3 heterocycles. The van der Waals surface area contributed by atoms with E-state index in [0.717, 1.165) is 27.7 Å². The summed E-state index contributed by atoms with van der Waals surface area (Å²) < 4.78 is 1.63. The van der Waals surface area contributed by atoms with Crippen LogP contribution in [0.25, 0.3) is 10.9 Å². The van der Waals surface area contributed by atoms with Gasteiger partial charge in [-0.2, -0.15) is 0 Å². The summed E-state index contributed by atoms with van der Waals surface area (Å²) >= 11 is 12.4. The van der Waals surface area contributed by atoms with Crippen molar-refractivity contribution in [1.82, 2.24) is 19.5 Å². The lowest BCUT2D eigenvalue weighted by Crippen LogP contribution is -2.31. The van der Waals surface area contributed by atoms with Gasteiger partial charge < -0.3 is 9.88 Å². The molecule has 158 valence electrons. The van der Waals surface area contributed by atoms with Gasteiger partial charge in [-0.25, -0.2) is 15.0 Å². The molecule has 0 saturated heterocycles. The minimum absolute atomic E-state index is 0.100. The van der Waals surface area contributed by atoms with Crippen LogP contribution in [-0.4, -0.2) is 19.5 Å². The van der Waals surface area contributed by atoms with Gasteiger partial charge in [0.2, 0.25) is 0 Å². The molecule has 6 nitrogen and oxygen atoms in total. The van der Waals surface area contributed by atoms with E-state index in [0.29, 0.717) is 17.3 Å². The number of pyridine rings is 2. The third-order valence-electron chi connectivity index (χ3n) is 5.20. The van der Waals surface area contributed by atoms with Crippen molar-refractivity contribution >= 4 is 39.8 Å². The van der Waals surface area contributed by atoms with Gasteiger partial charge in [0.25, 0.3) is 5.56 Å². The Morgan fingerprint density at radius 1 is 1.03 bits per heavy atom. The fraction of sp³-hybridized carbons (Fsp3) is 0.217. The summed E-state index contributed by atoms with van der Waals surface area (Å²) in [7, 11) is 1.76. The number of nitrogens with one attached hydrogen (secondary N) is 1. The lowest BCUT2D eigenvalue weighted by molar-refractivity contribution is 0.563. The van der Waals surface area contributed by atoms with Crippen molar-refractivity contribution in [2.45, 2.75) is 25.8 Å². The van der Waals surface area contributed by atoms with Gasteiger partial charge in [-0.05, 0) is 55.7 Å². The van der Waals surface area contributed by atoms with Crippen molar-refractivity contribution in [3.8, 4) is 0 Å². The molecule has 0 amide bonds. The van der Waals surface area contributed by atoms with Crippen LogP contribution in [0.4, 0.5) is 5.69 Å². The number of nitrogens with zero attached hydrogens (tertiary/aromatic N) is 4. The van der Waals surface area contributed by atoms with Crippen molar-refractivity contribution in [3.63, 3.8) is 0 Å². The Labute approximate surface area is 189 Å². The Hall–Kier alpha value is -2.96. The van der Waals surface area contributed by atoms with E-state index in [2.05, 4.69) is 26.3 Å². The maximum Gasteiger partial charge on any atom is 0.252 e. The highest BCUT2D eigenvalue weighted by Gasteiger charge is 2.24. The van der Waals surface area contributed by atoms with Crippen LogP contribution in [-0.2, 0) is 19.0 Å². The Morgan fingerprint density at radius 3 is 2.52 bits per heavy atom. The smallest absolute Gasteiger partial charge is 0.252 e. The van der Waals surface area contributed by atoms with Gasteiger partial charge >= 0.3 is 0 Å². The largest absolute Gasteiger partial charge is 0.372 e. The van der Waals surface area contributed by atoms with Crippen LogP contribution in [0.2, 0.25) is 10.2 Å². The lowest BCUT2D eigenvalue weighted by Gasteiger charge is -2.27. The predicted octanol–water partition coefficient (Wildman–Crippen LogP) is 4.97. The molecule has 4 aromatic rings. The van der Waals surface area contributed by atoms with E-state index in [1.54, 1.807) is 42.3 Å². The molecule has 4 rings (SSSR count). The molecule has 1 N–H and O–H groups in total. The fourth-order valence-corrected chi connectivity index (χ4v) is 3.90. The molecule has 1 aromatic carbocycles. The van der Waals surface area contributed by atoms with E-state index < -0.39 is 5.54 Å². The molecule has 0 aliphatic carbocycles. The van der Waals surface area contributed by atoms with Gasteiger partial charge in [0.1, 0.15) is 5.15 Å². The second-order valence-corrected chi connectivity index (χ2v) is 8.62. The zero-order chi connectivity index (χ0) is 22.2. The molecule has 0 saturated carbocycles. The summed E-state index contributed by atoms with van der Waals surface area (Å²) in [5.41, 5.74) is 2.78. The SMILES string of the molecule is Cn1c(=O)cc(NC(C)(C)c2ncccn2)c2cc(Cc3ccnc(Cl)c3Cl)ccc21. The number of aromatic nitrogens is 4. The van der Waals surface area contributed by atoms with Gasteiger partial charge in [0.15, 0.2) is 5.82 Å². The first-order valence-electron chi connectivity index (χ1n) is 9.73. The van der Waals surface area contributed by atoms with Crippen molar-refractivity contribution in [3.05, 3.63) is 92.5 Å². The molecule has 0 unspecified atom stereocenters. The van der Waals surface area contributed by atoms with Crippen LogP contribution in [0.1, 0.15) is 30.8 Å². The van der Waals surface area contributed by atoms with E-state index in [4.69, 9.17) is 23.2 Å². The van der Waals surface area contributed by atoms with Crippen molar-refractivity contribution in [2.75, 3.05) is 5.32 Å². The van der Waals surface area contributed by atoms with Gasteiger partial charge in [0.05, 0.1) is 16.1 Å². The minimum Gasteiger partial charge on any atom is -0.372 e. The number of benzene rings is 1. The van der Waals surface area contributed by atoms with E-state index in [1.807, 2.05) is 32.0 Å². The Kier molecular flexibility index (Phi) is 5.69. The van der Waals surface area contributed by atoms with Crippen molar-refractivity contribution < 1.29 is 0 Å². The quantitative estimate of drug-likeness (QED) is 0.431. The molecule has 31 heavy (non-hydrogen) atoms. The number of hydrogen-bond donors (Lipinski definition) is 1. The first-order valence-corrected chi connectivity index (χ1v) is 10.5. The van der Waals surface area contributed by atoms with E-state index in [1.165, 1.54) is 0 Å². The van der Waals surface area contributed by atoms with Crippen LogP contribution in [0.15, 0.2) is 59.8 Å². The highest BCUT2D eigenvalue weighted by atomic mass is 35.5. The molecular weight excluding hydrogens is 433 g/mol. The van der Waals surface area contributed by atoms with Gasteiger partial charge in [-0.3, -0.25) is 4.79 Å². The zero-order valence-electron chi connectivity index (χ0n) is 17.4. The Balaban J connectivity index is 1.80. The lowest BCUT2D eigenvalue weighted by atomic mass is 10.0. The molecule has 0 atom stereocenters. The zero-order valence-corrected chi connectivity index (χ0v) is 18.9. The first kappa shape index (κ1) is 21.3. The number of anilines is 1. The van der Waals surface area contributed by atoms with E-state index in [-0.39, 0.29) is 10.7 Å². The van der Waals surface area contributed by atoms with Crippen LogP contribution >= 0.6 is 23.2 Å². The van der Waals surface area contributed by atoms with Gasteiger partial charge in [-0.1, -0.05) is 29.3 Å². The molecule has 0 radical (unpaired) electrons. The average Bonchev–Trinajstić information content (AvgIpc) is 2.75. The second-order valence-electron chi connectivity index (χ2n) is 7.88. The molecule has 0 spiro atoms. The van der Waals surface area contributed by atoms with Crippen LogP contribution in [0.3, 0.4) is 0 Å². The van der Waals surface area contributed by atoms with Crippen LogP contribution in [0.5, 0.6) is 0 Å². The maximum atomic E-state index is 12.6. The number of hydrogen-bond acceptors (Lipinski definition) is 5. The molecule has 0 aliphatic rings. The molecule has 8 heteroatoms. The Bertz CT molecular complexity index is 1320. The molecule has 3 aromatic heterocycles. The van der Waals surface area contributed by atoms with Gasteiger partial charge in [-0.15, -0.1) is 0 Å². The Morgan fingerprint density at radius 2 is 1.77 bits per heavy atom. The molecule has 0 aliphatic heterocycles. The predicted molar refractivity (Wildman–Crippen MR) is 125 cm³/mol. The van der Waals surface area contributed by atoms with Crippen molar-refractivity contribution in [1.29, 1.82) is 0 Å². The van der Waals surface area contributed by atoms with Gasteiger partial charge in [0, 0.05) is 42.8 Å². The van der Waals surface area contributed by atoms with Crippen molar-refractivity contribution in [2.24, 2.45) is 7.05 Å². The summed E-state index contributed by atoms with van der Waals surface area (Å²) in [5, 5.41) is 5.11. The summed E-state index contributed by atoms with van der Waals surface area (Å²) in [6.45, 7) is 3.96. The summed E-state index contributed by atoms with van der Waals surface area (Å²) in [5.74, 6) is 0.637. The number of fused-ring (bicyclic) bond motifs is 1. The number of aryl methyl sites for hydroxylation is 1. The number of rotatable bonds is 5. The maximum absolute atomic E-state index is 12.6. The molecule has 0 bridgehead atoms. The minimum atomic E-state index is -0.585. The first-order chi connectivity index (χ1) is 14.8. The summed E-state index contributed by atoms with van der Waals surface area (Å²) in [4.78, 5) is 25.3. The third-order valence-corrected chi connectivity index (χ3v) is 6.01. The highest BCUT2D eigenvalue weighted by Crippen LogP contribution is 2.30. The summed E-state index contributed by atoms with van der Waals surface area (Å²) in [6, 6.07) is 11.2. The standard InChI is InChI=1S/C23H21Cl2N5O/c1-23(2,22-27-8-4-9-28-22)29-17-13-19(31)30(3)18-6-5-14(12-16(17)18)11-15-7-10-26-21(25)20(15)24/h4-10,12-13,29H,11H2,1-3H3. The second kappa shape index (κ2) is 8.29. The third kappa shape index (κ3) is 4.27. The average molecular weight is 454 g/mol. The molecular formula is C23H21Cl2N5O. The van der Waals surface area contributed by atoms with Crippen LogP contribution in [0, 0.1) is 0 Å². The molecule has 0 fully saturated rings. The normalized spacial score (nSPS) is 11.6. The fourth-order valence-electron chi connectivity index (χ4n) is 3.55. The van der Waals surface area contributed by atoms with E-state index >= 15 is 0 Å². The highest BCUT2D eigenvalue weighted by molar-refractivity contribution is 6.41. The van der Waals surface area contributed by atoms with Crippen LogP contribution < -0.4 is 10.9 Å². The topological polar surface area (TPSA) is 72.7 Å². The summed E-state index contributed by atoms with van der Waals surface area (Å²) in [6.07, 6.45) is 5.64. The number of halogens is 2. The monoisotopic (exact) mass is 453 g/mol. The van der Waals surface area contributed by atoms with E-state index in [9.17, 15) is 4.79 Å².